The molecule has 182 valence electrons. The first kappa shape index (κ1) is 24.1. The molecule has 2 unspecified atom stereocenters. The third-order valence-electron chi connectivity index (χ3n) is 6.35. The normalized spacial score (nSPS) is 17.4. The van der Waals surface area contributed by atoms with Crippen LogP contribution in [0.5, 0.6) is 17.2 Å². The van der Waals surface area contributed by atoms with Gasteiger partial charge in [-0.1, -0.05) is 36.4 Å². The van der Waals surface area contributed by atoms with E-state index in [2.05, 4.69) is 5.32 Å². The maximum absolute atomic E-state index is 13.5. The van der Waals surface area contributed by atoms with Gasteiger partial charge in [-0.3, -0.25) is 9.59 Å². The van der Waals surface area contributed by atoms with Gasteiger partial charge in [0, 0.05) is 36.3 Å². The number of nitrogens with zero attached hydrogens (tertiary/aromatic N) is 1. The number of piperidine rings is 1. The van der Waals surface area contributed by atoms with Gasteiger partial charge in [-0.25, -0.2) is 0 Å². The monoisotopic (exact) mass is 474 g/mol. The number of methoxy groups -OCH3 is 3. The summed E-state index contributed by atoms with van der Waals surface area (Å²) in [5.41, 5.74) is 2.26. The predicted molar refractivity (Wildman–Crippen MR) is 134 cm³/mol. The van der Waals surface area contributed by atoms with E-state index < -0.39 is 0 Å². The number of amides is 2. The molecule has 1 fully saturated rings. The maximum Gasteiger partial charge on any atom is 0.254 e. The van der Waals surface area contributed by atoms with E-state index in [1.165, 1.54) is 7.11 Å². The van der Waals surface area contributed by atoms with Gasteiger partial charge in [0.05, 0.1) is 27.2 Å². The highest BCUT2D eigenvalue weighted by molar-refractivity contribution is 5.97. The minimum atomic E-state index is -0.371. The SMILES string of the molecule is COc1cccc(NC(=O)C2CC(c3ccccc3)CN(C(=O)c3ccc(OC)c(OC)c3)C2)c1. The van der Waals surface area contributed by atoms with Gasteiger partial charge in [0.25, 0.3) is 5.91 Å². The van der Waals surface area contributed by atoms with E-state index >= 15 is 0 Å². The fraction of sp³-hybridized carbons (Fsp3) is 0.286. The van der Waals surface area contributed by atoms with Crippen LogP contribution < -0.4 is 19.5 Å². The standard InChI is InChI=1S/C28H30N2O5/c1-33-24-11-7-10-23(16-24)29-27(31)22-14-21(19-8-5-4-6-9-19)17-30(18-22)28(32)20-12-13-25(34-2)26(15-20)35-3/h4-13,15-16,21-22H,14,17-18H2,1-3H3,(H,29,31). The molecular formula is C28H30N2O5. The molecule has 0 radical (unpaired) electrons. The van der Waals surface area contributed by atoms with Gasteiger partial charge in [0.15, 0.2) is 11.5 Å². The fourth-order valence-corrected chi connectivity index (χ4v) is 4.52. The molecule has 1 N–H and O–H groups in total. The first-order valence-electron chi connectivity index (χ1n) is 11.5. The topological polar surface area (TPSA) is 77.1 Å². The van der Waals surface area contributed by atoms with Crippen LogP contribution in [0.1, 0.15) is 28.3 Å². The van der Waals surface area contributed by atoms with Crippen molar-refractivity contribution in [1.82, 2.24) is 4.90 Å². The molecule has 4 rings (SSSR count). The Bertz CT molecular complexity index is 1180. The molecule has 35 heavy (non-hydrogen) atoms. The Kier molecular flexibility index (Phi) is 7.55. The van der Waals surface area contributed by atoms with Crippen LogP contribution >= 0.6 is 0 Å². The molecule has 3 aromatic rings. The van der Waals surface area contributed by atoms with Gasteiger partial charge in [-0.05, 0) is 42.3 Å². The van der Waals surface area contributed by atoms with Crippen LogP contribution in [0.3, 0.4) is 0 Å². The summed E-state index contributed by atoms with van der Waals surface area (Å²) in [6, 6.07) is 22.4. The van der Waals surface area contributed by atoms with Gasteiger partial charge >= 0.3 is 0 Å². The number of hydrogen-bond donors (Lipinski definition) is 1. The number of hydrogen-bond acceptors (Lipinski definition) is 5. The summed E-state index contributed by atoms with van der Waals surface area (Å²) in [5.74, 6) is 1.11. The summed E-state index contributed by atoms with van der Waals surface area (Å²) in [6.45, 7) is 0.854. The smallest absolute Gasteiger partial charge is 0.254 e. The van der Waals surface area contributed by atoms with Gasteiger partial charge in [0.2, 0.25) is 5.91 Å². The molecule has 1 aliphatic rings. The van der Waals surface area contributed by atoms with Crippen LogP contribution in [0.25, 0.3) is 0 Å². The van der Waals surface area contributed by atoms with Crippen LogP contribution in [0.4, 0.5) is 5.69 Å². The molecule has 2 amide bonds. The van der Waals surface area contributed by atoms with E-state index in [0.717, 1.165) is 5.56 Å². The molecule has 0 aromatic heterocycles. The third-order valence-corrected chi connectivity index (χ3v) is 6.35. The second kappa shape index (κ2) is 11.0. The summed E-state index contributed by atoms with van der Waals surface area (Å²) in [5, 5.41) is 3.00. The lowest BCUT2D eigenvalue weighted by Crippen LogP contribution is -2.46. The van der Waals surface area contributed by atoms with Crippen molar-refractivity contribution in [2.75, 3.05) is 39.7 Å². The van der Waals surface area contributed by atoms with Crippen molar-refractivity contribution in [2.45, 2.75) is 12.3 Å². The molecule has 0 saturated carbocycles. The van der Waals surface area contributed by atoms with Crippen molar-refractivity contribution >= 4 is 17.5 Å². The van der Waals surface area contributed by atoms with E-state index in [4.69, 9.17) is 14.2 Å². The quantitative estimate of drug-likeness (QED) is 0.542. The molecule has 0 spiro atoms. The molecule has 0 aliphatic carbocycles. The Hall–Kier alpha value is -4.00. The molecule has 7 heteroatoms. The number of benzene rings is 3. The van der Waals surface area contributed by atoms with Crippen molar-refractivity contribution in [3.63, 3.8) is 0 Å². The highest BCUT2D eigenvalue weighted by atomic mass is 16.5. The lowest BCUT2D eigenvalue weighted by Gasteiger charge is -2.37. The van der Waals surface area contributed by atoms with Crippen molar-refractivity contribution in [3.8, 4) is 17.2 Å². The third kappa shape index (κ3) is 5.57. The van der Waals surface area contributed by atoms with E-state index in [9.17, 15) is 9.59 Å². The Morgan fingerprint density at radius 3 is 2.31 bits per heavy atom. The molecule has 1 aliphatic heterocycles. The summed E-state index contributed by atoms with van der Waals surface area (Å²) < 4.78 is 15.9. The Morgan fingerprint density at radius 2 is 1.60 bits per heavy atom. The molecular weight excluding hydrogens is 444 g/mol. The van der Waals surface area contributed by atoms with Gasteiger partial charge in [0.1, 0.15) is 5.75 Å². The Labute approximate surface area is 205 Å². The highest BCUT2D eigenvalue weighted by Crippen LogP contribution is 2.33. The summed E-state index contributed by atoms with van der Waals surface area (Å²) in [6.07, 6.45) is 0.648. The largest absolute Gasteiger partial charge is 0.497 e. The zero-order valence-electron chi connectivity index (χ0n) is 20.2. The van der Waals surface area contributed by atoms with Crippen molar-refractivity contribution in [1.29, 1.82) is 0 Å². The van der Waals surface area contributed by atoms with Crippen molar-refractivity contribution in [2.24, 2.45) is 5.92 Å². The second-order valence-corrected chi connectivity index (χ2v) is 8.54. The van der Waals surface area contributed by atoms with Gasteiger partial charge in [-0.15, -0.1) is 0 Å². The van der Waals surface area contributed by atoms with Crippen LogP contribution in [-0.4, -0.2) is 51.1 Å². The van der Waals surface area contributed by atoms with Crippen molar-refractivity contribution in [3.05, 3.63) is 83.9 Å². The Morgan fingerprint density at radius 1 is 0.829 bits per heavy atom. The minimum Gasteiger partial charge on any atom is -0.497 e. The fourth-order valence-electron chi connectivity index (χ4n) is 4.52. The lowest BCUT2D eigenvalue weighted by molar-refractivity contribution is -0.121. The molecule has 1 heterocycles. The number of nitrogens with one attached hydrogen (secondary N) is 1. The van der Waals surface area contributed by atoms with E-state index in [0.29, 0.717) is 48.0 Å². The van der Waals surface area contributed by atoms with Crippen LogP contribution in [0.2, 0.25) is 0 Å². The number of anilines is 1. The molecule has 1 saturated heterocycles. The first-order chi connectivity index (χ1) is 17.0. The average molecular weight is 475 g/mol. The zero-order valence-corrected chi connectivity index (χ0v) is 20.2. The minimum absolute atomic E-state index is 0.0371. The van der Waals surface area contributed by atoms with Crippen molar-refractivity contribution < 1.29 is 23.8 Å². The number of carbonyl (C=O) groups excluding carboxylic acids is 2. The van der Waals surface area contributed by atoms with Crippen LogP contribution in [0.15, 0.2) is 72.8 Å². The van der Waals surface area contributed by atoms with Gasteiger partial charge < -0.3 is 24.4 Å². The van der Waals surface area contributed by atoms with E-state index in [1.807, 2.05) is 48.5 Å². The predicted octanol–water partition coefficient (Wildman–Crippen LogP) is 4.60. The van der Waals surface area contributed by atoms with Crippen LogP contribution in [-0.2, 0) is 4.79 Å². The van der Waals surface area contributed by atoms with Crippen LogP contribution in [0, 0.1) is 5.92 Å². The van der Waals surface area contributed by atoms with E-state index in [1.54, 1.807) is 43.4 Å². The number of ether oxygens (including phenoxy) is 3. The molecule has 2 atom stereocenters. The summed E-state index contributed by atoms with van der Waals surface area (Å²) in [7, 11) is 4.68. The molecule has 0 bridgehead atoms. The molecule has 3 aromatic carbocycles. The lowest BCUT2D eigenvalue weighted by atomic mass is 9.83. The highest BCUT2D eigenvalue weighted by Gasteiger charge is 2.35. The zero-order chi connectivity index (χ0) is 24.8. The number of carbonyl (C=O) groups is 2. The second-order valence-electron chi connectivity index (χ2n) is 8.54. The average Bonchev–Trinajstić information content (AvgIpc) is 2.92. The number of rotatable bonds is 7. The first-order valence-corrected chi connectivity index (χ1v) is 11.5. The Balaban J connectivity index is 1.59. The maximum atomic E-state index is 13.5. The summed E-state index contributed by atoms with van der Waals surface area (Å²) >= 11 is 0. The summed E-state index contributed by atoms with van der Waals surface area (Å²) in [4.78, 5) is 28.6. The molecule has 7 nitrogen and oxygen atoms in total. The van der Waals surface area contributed by atoms with Gasteiger partial charge in [-0.2, -0.15) is 0 Å². The van der Waals surface area contributed by atoms with E-state index in [-0.39, 0.29) is 23.7 Å². The number of likely N-dealkylation sites (tertiary alicyclic amines) is 1.